The average molecular weight is 238 g/mol. The summed E-state index contributed by atoms with van der Waals surface area (Å²) in [5.41, 5.74) is 5.71. The van der Waals surface area contributed by atoms with Crippen molar-refractivity contribution < 1.29 is 13.2 Å². The normalized spacial score (nSPS) is 12.8. The van der Waals surface area contributed by atoms with Crippen LogP contribution in [0.1, 0.15) is 24.4 Å². The molecule has 1 aromatic heterocycles. The Morgan fingerprint density at radius 3 is 2.65 bits per heavy atom. The standard InChI is InChI=1S/C12H12F2N2O/c1-6-3-4-8(13)10(11(6)14)9-5-16-12(17-9)7(2)15/h3-5,7H,15H2,1-2H3. The van der Waals surface area contributed by atoms with Crippen molar-refractivity contribution >= 4 is 0 Å². The van der Waals surface area contributed by atoms with Crippen LogP contribution in [0.25, 0.3) is 11.3 Å². The molecule has 90 valence electrons. The number of aromatic nitrogens is 1. The second-order valence-corrected chi connectivity index (χ2v) is 3.90. The lowest BCUT2D eigenvalue weighted by atomic mass is 10.1. The van der Waals surface area contributed by atoms with Crippen molar-refractivity contribution in [1.29, 1.82) is 0 Å². The number of nitrogens with zero attached hydrogens (tertiary/aromatic N) is 1. The van der Waals surface area contributed by atoms with Crippen LogP contribution in [0.15, 0.2) is 22.7 Å². The van der Waals surface area contributed by atoms with E-state index in [1.807, 2.05) is 0 Å². The Bertz CT molecular complexity index is 549. The molecule has 1 aromatic carbocycles. The van der Waals surface area contributed by atoms with Crippen molar-refractivity contribution in [2.75, 3.05) is 0 Å². The van der Waals surface area contributed by atoms with Crippen LogP contribution in [0.3, 0.4) is 0 Å². The number of hydrogen-bond acceptors (Lipinski definition) is 3. The zero-order valence-corrected chi connectivity index (χ0v) is 9.50. The minimum atomic E-state index is -0.680. The minimum Gasteiger partial charge on any atom is -0.439 e. The van der Waals surface area contributed by atoms with Gasteiger partial charge in [-0.15, -0.1) is 0 Å². The third kappa shape index (κ3) is 2.06. The summed E-state index contributed by atoms with van der Waals surface area (Å²) in [6, 6.07) is 2.15. The molecule has 0 radical (unpaired) electrons. The lowest BCUT2D eigenvalue weighted by Gasteiger charge is -2.04. The van der Waals surface area contributed by atoms with Crippen LogP contribution in [0.4, 0.5) is 8.78 Å². The SMILES string of the molecule is Cc1ccc(F)c(-c2cnc(C(C)N)o2)c1F. The van der Waals surface area contributed by atoms with Crippen LogP contribution in [0, 0.1) is 18.6 Å². The minimum absolute atomic E-state index is 0.0519. The average Bonchev–Trinajstić information content (AvgIpc) is 2.73. The maximum absolute atomic E-state index is 13.8. The van der Waals surface area contributed by atoms with E-state index in [2.05, 4.69) is 4.98 Å². The first-order chi connectivity index (χ1) is 8.00. The van der Waals surface area contributed by atoms with E-state index in [1.54, 1.807) is 13.8 Å². The van der Waals surface area contributed by atoms with Crippen molar-refractivity contribution in [1.82, 2.24) is 4.98 Å². The van der Waals surface area contributed by atoms with Gasteiger partial charge < -0.3 is 10.2 Å². The Kier molecular flexibility index (Phi) is 2.93. The predicted octanol–water partition coefficient (Wildman–Crippen LogP) is 2.95. The highest BCUT2D eigenvalue weighted by Gasteiger charge is 2.18. The van der Waals surface area contributed by atoms with Gasteiger partial charge in [-0.25, -0.2) is 13.8 Å². The van der Waals surface area contributed by atoms with Gasteiger partial charge in [0.25, 0.3) is 0 Å². The molecule has 1 heterocycles. The number of nitrogens with two attached hydrogens (primary N) is 1. The van der Waals surface area contributed by atoms with Gasteiger partial charge in [0.15, 0.2) is 5.76 Å². The molecular formula is C12H12F2N2O. The van der Waals surface area contributed by atoms with E-state index in [-0.39, 0.29) is 17.2 Å². The Balaban J connectivity index is 2.56. The van der Waals surface area contributed by atoms with E-state index in [0.717, 1.165) is 0 Å². The van der Waals surface area contributed by atoms with Crippen molar-refractivity contribution in [3.05, 3.63) is 41.4 Å². The summed E-state index contributed by atoms with van der Waals surface area (Å²) < 4.78 is 32.6. The summed E-state index contributed by atoms with van der Waals surface area (Å²) in [7, 11) is 0. The smallest absolute Gasteiger partial charge is 0.211 e. The van der Waals surface area contributed by atoms with Gasteiger partial charge in [0.05, 0.1) is 17.8 Å². The topological polar surface area (TPSA) is 52.0 Å². The second kappa shape index (κ2) is 4.25. The summed E-state index contributed by atoms with van der Waals surface area (Å²) in [5, 5.41) is 0. The van der Waals surface area contributed by atoms with Gasteiger partial charge >= 0.3 is 0 Å². The second-order valence-electron chi connectivity index (χ2n) is 3.90. The van der Waals surface area contributed by atoms with E-state index >= 15 is 0 Å². The molecule has 0 saturated carbocycles. The molecule has 2 N–H and O–H groups in total. The molecule has 3 nitrogen and oxygen atoms in total. The number of oxazole rings is 1. The first-order valence-electron chi connectivity index (χ1n) is 5.17. The van der Waals surface area contributed by atoms with Crippen LogP contribution < -0.4 is 5.73 Å². The van der Waals surface area contributed by atoms with Gasteiger partial charge in [-0.2, -0.15) is 0 Å². The maximum atomic E-state index is 13.8. The zero-order chi connectivity index (χ0) is 12.6. The van der Waals surface area contributed by atoms with Crippen LogP contribution in [0.5, 0.6) is 0 Å². The van der Waals surface area contributed by atoms with Crippen molar-refractivity contribution in [3.8, 4) is 11.3 Å². The molecule has 5 heteroatoms. The van der Waals surface area contributed by atoms with E-state index < -0.39 is 17.7 Å². The van der Waals surface area contributed by atoms with Gasteiger partial charge in [-0.1, -0.05) is 6.07 Å². The first-order valence-corrected chi connectivity index (χ1v) is 5.17. The summed E-state index contributed by atoms with van der Waals surface area (Å²) in [4.78, 5) is 3.88. The highest BCUT2D eigenvalue weighted by atomic mass is 19.1. The lowest BCUT2D eigenvalue weighted by Crippen LogP contribution is -2.04. The van der Waals surface area contributed by atoms with Crippen LogP contribution >= 0.6 is 0 Å². The molecule has 0 bridgehead atoms. The number of aryl methyl sites for hydroxylation is 1. The van der Waals surface area contributed by atoms with E-state index in [4.69, 9.17) is 10.2 Å². The summed E-state index contributed by atoms with van der Waals surface area (Å²) >= 11 is 0. The Hall–Kier alpha value is -1.75. The quantitative estimate of drug-likeness (QED) is 0.875. The van der Waals surface area contributed by atoms with Crippen LogP contribution in [0.2, 0.25) is 0 Å². The van der Waals surface area contributed by atoms with Gasteiger partial charge in [0, 0.05) is 0 Å². The molecule has 0 amide bonds. The summed E-state index contributed by atoms with van der Waals surface area (Å²) in [5.74, 6) is -1.02. The zero-order valence-electron chi connectivity index (χ0n) is 9.50. The molecule has 17 heavy (non-hydrogen) atoms. The third-order valence-corrected chi connectivity index (χ3v) is 2.44. The van der Waals surface area contributed by atoms with E-state index in [9.17, 15) is 8.78 Å². The van der Waals surface area contributed by atoms with Crippen LogP contribution in [-0.2, 0) is 0 Å². The van der Waals surface area contributed by atoms with Gasteiger partial charge in [-0.3, -0.25) is 0 Å². The number of rotatable bonds is 2. The van der Waals surface area contributed by atoms with E-state index in [0.29, 0.717) is 5.56 Å². The Morgan fingerprint density at radius 1 is 1.35 bits per heavy atom. The van der Waals surface area contributed by atoms with Crippen molar-refractivity contribution in [2.45, 2.75) is 19.9 Å². The molecule has 0 aliphatic carbocycles. The Morgan fingerprint density at radius 2 is 2.06 bits per heavy atom. The number of halogens is 2. The fourth-order valence-corrected chi connectivity index (χ4v) is 1.50. The van der Waals surface area contributed by atoms with E-state index in [1.165, 1.54) is 18.3 Å². The highest BCUT2D eigenvalue weighted by Crippen LogP contribution is 2.29. The molecule has 2 rings (SSSR count). The monoisotopic (exact) mass is 238 g/mol. The van der Waals surface area contributed by atoms with Crippen molar-refractivity contribution in [3.63, 3.8) is 0 Å². The van der Waals surface area contributed by atoms with Gasteiger partial charge in [0.2, 0.25) is 5.89 Å². The molecule has 2 aromatic rings. The molecule has 0 saturated heterocycles. The number of benzene rings is 1. The van der Waals surface area contributed by atoms with Gasteiger partial charge in [0.1, 0.15) is 11.6 Å². The molecule has 0 aliphatic heterocycles. The predicted molar refractivity (Wildman–Crippen MR) is 59.2 cm³/mol. The fourth-order valence-electron chi connectivity index (χ4n) is 1.50. The highest BCUT2D eigenvalue weighted by molar-refractivity contribution is 5.59. The van der Waals surface area contributed by atoms with Crippen molar-refractivity contribution in [2.24, 2.45) is 5.73 Å². The molecule has 0 aliphatic rings. The summed E-state index contributed by atoms with van der Waals surface area (Å²) in [6.07, 6.45) is 1.28. The van der Waals surface area contributed by atoms with Crippen LogP contribution in [-0.4, -0.2) is 4.98 Å². The van der Waals surface area contributed by atoms with Gasteiger partial charge in [-0.05, 0) is 25.5 Å². The fraction of sp³-hybridized carbons (Fsp3) is 0.250. The number of hydrogen-bond donors (Lipinski definition) is 1. The first kappa shape index (κ1) is 11.7. The molecule has 0 fully saturated rings. The molecule has 1 unspecified atom stereocenters. The molecule has 1 atom stereocenters. The maximum Gasteiger partial charge on any atom is 0.211 e. The molecular weight excluding hydrogens is 226 g/mol. The third-order valence-electron chi connectivity index (χ3n) is 2.44. The lowest BCUT2D eigenvalue weighted by molar-refractivity contribution is 0.467. The summed E-state index contributed by atoms with van der Waals surface area (Å²) in [6.45, 7) is 3.24. The molecule has 0 spiro atoms. The Labute approximate surface area is 97.3 Å². The largest absolute Gasteiger partial charge is 0.439 e.